The second-order valence-corrected chi connectivity index (χ2v) is 7.65. The molecular formula is C24H31N3O2. The number of methoxy groups -OCH3 is 1. The summed E-state index contributed by atoms with van der Waals surface area (Å²) in [5.41, 5.74) is 5.19. The van der Waals surface area contributed by atoms with Crippen molar-refractivity contribution in [1.29, 1.82) is 0 Å². The van der Waals surface area contributed by atoms with E-state index in [4.69, 9.17) is 14.6 Å². The van der Waals surface area contributed by atoms with E-state index < -0.39 is 0 Å². The summed E-state index contributed by atoms with van der Waals surface area (Å²) in [7, 11) is 3.58. The van der Waals surface area contributed by atoms with E-state index in [0.717, 1.165) is 52.5 Å². The highest BCUT2D eigenvalue weighted by Crippen LogP contribution is 2.30. The highest BCUT2D eigenvalue weighted by molar-refractivity contribution is 5.62. The summed E-state index contributed by atoms with van der Waals surface area (Å²) in [4.78, 5) is 0. The van der Waals surface area contributed by atoms with Gasteiger partial charge < -0.3 is 14.8 Å². The van der Waals surface area contributed by atoms with Crippen LogP contribution >= 0.6 is 0 Å². The molecule has 0 unspecified atom stereocenters. The van der Waals surface area contributed by atoms with Crippen LogP contribution in [0.4, 0.5) is 5.69 Å². The van der Waals surface area contributed by atoms with Gasteiger partial charge in [0, 0.05) is 31.0 Å². The highest BCUT2D eigenvalue weighted by Gasteiger charge is 2.11. The number of aryl methyl sites for hydroxylation is 2. The van der Waals surface area contributed by atoms with Gasteiger partial charge in [-0.25, -0.2) is 0 Å². The zero-order chi connectivity index (χ0) is 20.8. The first kappa shape index (κ1) is 20.8. The quantitative estimate of drug-likeness (QED) is 0.519. The van der Waals surface area contributed by atoms with Gasteiger partial charge in [-0.1, -0.05) is 19.9 Å². The zero-order valence-corrected chi connectivity index (χ0v) is 18.0. The lowest BCUT2D eigenvalue weighted by Gasteiger charge is -2.16. The molecule has 2 aromatic carbocycles. The normalized spacial score (nSPS) is 11.0. The summed E-state index contributed by atoms with van der Waals surface area (Å²) in [6.07, 6.45) is 3.18. The summed E-state index contributed by atoms with van der Waals surface area (Å²) in [5, 5.41) is 7.91. The van der Waals surface area contributed by atoms with Gasteiger partial charge in [-0.15, -0.1) is 0 Å². The van der Waals surface area contributed by atoms with Gasteiger partial charge in [0.05, 0.1) is 18.4 Å². The van der Waals surface area contributed by atoms with Crippen LogP contribution in [0.2, 0.25) is 0 Å². The Bertz CT molecular complexity index is 925. The lowest BCUT2D eigenvalue weighted by molar-refractivity contribution is 0.295. The van der Waals surface area contributed by atoms with Gasteiger partial charge in [-0.2, -0.15) is 5.10 Å². The number of hydrogen-bond donors (Lipinski definition) is 1. The molecule has 0 radical (unpaired) electrons. The predicted molar refractivity (Wildman–Crippen MR) is 119 cm³/mol. The van der Waals surface area contributed by atoms with Crippen molar-refractivity contribution >= 4 is 5.69 Å². The lowest BCUT2D eigenvalue weighted by Crippen LogP contribution is -2.04. The van der Waals surface area contributed by atoms with Crippen LogP contribution in [0.1, 0.15) is 31.4 Å². The van der Waals surface area contributed by atoms with Crippen LogP contribution in [0.5, 0.6) is 11.5 Å². The fourth-order valence-electron chi connectivity index (χ4n) is 3.29. The number of aromatic nitrogens is 2. The minimum absolute atomic E-state index is 0.435. The molecule has 0 aliphatic heterocycles. The average Bonchev–Trinajstić information content (AvgIpc) is 3.20. The molecule has 0 fully saturated rings. The molecule has 3 aromatic rings. The molecule has 0 amide bonds. The molecule has 3 rings (SSSR count). The molecule has 1 N–H and O–H groups in total. The van der Waals surface area contributed by atoms with Crippen LogP contribution in [0.15, 0.2) is 48.7 Å². The van der Waals surface area contributed by atoms with Gasteiger partial charge in [0.25, 0.3) is 0 Å². The molecule has 0 atom stereocenters. The molecule has 0 saturated heterocycles. The maximum absolute atomic E-state index is 6.12. The first-order chi connectivity index (χ1) is 14.0. The Morgan fingerprint density at radius 2 is 1.93 bits per heavy atom. The molecule has 1 heterocycles. The standard InChI is InChI=1S/C24H31N3O2/c1-17(2)11-13-27-14-12-21(26-27)19-9-10-23(18(3)15-19)29-16-20-22(25-4)7-6-8-24(20)28-5/h6-10,12,14-15,17,25H,11,13,16H2,1-5H3. The second kappa shape index (κ2) is 9.50. The number of hydrogen-bond acceptors (Lipinski definition) is 4. The van der Waals surface area contributed by atoms with Gasteiger partial charge in [-0.05, 0) is 61.2 Å². The Kier molecular flexibility index (Phi) is 6.81. The van der Waals surface area contributed by atoms with E-state index in [-0.39, 0.29) is 0 Å². The largest absolute Gasteiger partial charge is 0.496 e. The molecule has 0 aliphatic rings. The Hall–Kier alpha value is -2.95. The van der Waals surface area contributed by atoms with Crippen molar-refractivity contribution in [1.82, 2.24) is 9.78 Å². The third kappa shape index (κ3) is 5.11. The summed E-state index contributed by atoms with van der Waals surface area (Å²) in [5.74, 6) is 2.35. The van der Waals surface area contributed by atoms with E-state index in [9.17, 15) is 0 Å². The van der Waals surface area contributed by atoms with Gasteiger partial charge in [0.2, 0.25) is 0 Å². The molecule has 0 spiro atoms. The van der Waals surface area contributed by atoms with Crippen molar-refractivity contribution in [2.24, 2.45) is 5.92 Å². The van der Waals surface area contributed by atoms with Crippen molar-refractivity contribution in [3.63, 3.8) is 0 Å². The van der Waals surface area contributed by atoms with Crippen LogP contribution < -0.4 is 14.8 Å². The minimum Gasteiger partial charge on any atom is -0.496 e. The molecule has 0 bridgehead atoms. The van der Waals surface area contributed by atoms with Crippen LogP contribution in [0, 0.1) is 12.8 Å². The predicted octanol–water partition coefficient (Wildman–Crippen LogP) is 5.53. The minimum atomic E-state index is 0.435. The first-order valence-electron chi connectivity index (χ1n) is 10.1. The maximum Gasteiger partial charge on any atom is 0.127 e. The molecule has 0 saturated carbocycles. The lowest BCUT2D eigenvalue weighted by atomic mass is 10.1. The van der Waals surface area contributed by atoms with E-state index in [1.807, 2.05) is 36.0 Å². The van der Waals surface area contributed by atoms with Gasteiger partial charge >= 0.3 is 0 Å². The van der Waals surface area contributed by atoms with Crippen molar-refractivity contribution in [2.45, 2.75) is 40.3 Å². The number of benzene rings is 2. The fraction of sp³-hybridized carbons (Fsp3) is 0.375. The van der Waals surface area contributed by atoms with E-state index >= 15 is 0 Å². The topological polar surface area (TPSA) is 48.3 Å². The number of anilines is 1. The SMILES string of the molecule is CNc1cccc(OC)c1COc1ccc(-c2ccn(CCC(C)C)n2)cc1C. The summed E-state index contributed by atoms with van der Waals surface area (Å²) >= 11 is 0. The van der Waals surface area contributed by atoms with E-state index in [2.05, 4.69) is 50.5 Å². The monoisotopic (exact) mass is 393 g/mol. The number of ether oxygens (including phenoxy) is 2. The van der Waals surface area contributed by atoms with Crippen LogP contribution in [0.25, 0.3) is 11.3 Å². The molecule has 5 heteroatoms. The van der Waals surface area contributed by atoms with Gasteiger partial charge in [0.1, 0.15) is 18.1 Å². The Morgan fingerprint density at radius 1 is 1.10 bits per heavy atom. The summed E-state index contributed by atoms with van der Waals surface area (Å²) in [6, 6.07) is 14.2. The summed E-state index contributed by atoms with van der Waals surface area (Å²) in [6.45, 7) is 7.92. The Morgan fingerprint density at radius 3 is 2.62 bits per heavy atom. The van der Waals surface area contributed by atoms with Crippen molar-refractivity contribution in [3.8, 4) is 22.8 Å². The van der Waals surface area contributed by atoms with Crippen molar-refractivity contribution in [3.05, 3.63) is 59.8 Å². The van der Waals surface area contributed by atoms with E-state index in [0.29, 0.717) is 12.5 Å². The average molecular weight is 394 g/mol. The smallest absolute Gasteiger partial charge is 0.127 e. The molecule has 0 aliphatic carbocycles. The highest BCUT2D eigenvalue weighted by atomic mass is 16.5. The molecule has 154 valence electrons. The van der Waals surface area contributed by atoms with E-state index in [1.165, 1.54) is 0 Å². The van der Waals surface area contributed by atoms with Crippen LogP contribution in [0.3, 0.4) is 0 Å². The van der Waals surface area contributed by atoms with Crippen molar-refractivity contribution < 1.29 is 9.47 Å². The zero-order valence-electron chi connectivity index (χ0n) is 18.0. The number of nitrogens with zero attached hydrogens (tertiary/aromatic N) is 2. The van der Waals surface area contributed by atoms with Crippen LogP contribution in [-0.2, 0) is 13.2 Å². The summed E-state index contributed by atoms with van der Waals surface area (Å²) < 4.78 is 13.6. The Labute approximate surface area is 173 Å². The first-order valence-corrected chi connectivity index (χ1v) is 10.1. The maximum atomic E-state index is 6.12. The molecular weight excluding hydrogens is 362 g/mol. The molecule has 29 heavy (non-hydrogen) atoms. The third-order valence-electron chi connectivity index (χ3n) is 5.04. The van der Waals surface area contributed by atoms with E-state index in [1.54, 1.807) is 7.11 Å². The fourth-order valence-corrected chi connectivity index (χ4v) is 3.29. The second-order valence-electron chi connectivity index (χ2n) is 7.65. The molecule has 1 aromatic heterocycles. The molecule has 5 nitrogen and oxygen atoms in total. The van der Waals surface area contributed by atoms with Crippen molar-refractivity contribution in [2.75, 3.05) is 19.5 Å². The Balaban J connectivity index is 1.72. The number of rotatable bonds is 9. The number of nitrogens with one attached hydrogen (secondary N) is 1. The van der Waals surface area contributed by atoms with Gasteiger partial charge in [0.15, 0.2) is 0 Å². The third-order valence-corrected chi connectivity index (χ3v) is 5.04. The van der Waals surface area contributed by atoms with Crippen LogP contribution in [-0.4, -0.2) is 23.9 Å². The van der Waals surface area contributed by atoms with Gasteiger partial charge in [-0.3, -0.25) is 4.68 Å².